The molecule has 1 aromatic heterocycles. The zero-order chi connectivity index (χ0) is 6.27. The molecule has 0 saturated carbocycles. The summed E-state index contributed by atoms with van der Waals surface area (Å²) in [5.41, 5.74) is 1.96. The third-order valence-electron chi connectivity index (χ3n) is 1.21. The molecule has 0 aliphatic rings. The van der Waals surface area contributed by atoms with Crippen LogP contribution in [0.15, 0.2) is 27.2 Å². The number of halogens is 1. The highest BCUT2D eigenvalue weighted by molar-refractivity contribution is 9.10. The number of aromatic nitrogens is 1. The summed E-state index contributed by atoms with van der Waals surface area (Å²) in [4.78, 5) is 0. The second-order valence-corrected chi connectivity index (χ2v) is 2.76. The fourth-order valence-electron chi connectivity index (χ4n) is 0.729. The third kappa shape index (κ3) is 0.685. The van der Waals surface area contributed by atoms with Crippen LogP contribution in [-0.2, 0) is 0 Å². The van der Waals surface area contributed by atoms with E-state index in [1.807, 2.05) is 18.2 Å². The van der Waals surface area contributed by atoms with E-state index in [0.717, 1.165) is 15.6 Å². The summed E-state index contributed by atoms with van der Waals surface area (Å²) < 4.78 is 5.92. The van der Waals surface area contributed by atoms with Crippen LogP contribution in [0.1, 0.15) is 0 Å². The van der Waals surface area contributed by atoms with Crippen molar-refractivity contribution in [3.63, 3.8) is 0 Å². The molecule has 0 amide bonds. The minimum Gasteiger partial charge on any atom is -0.380 e. The van der Waals surface area contributed by atoms with Gasteiger partial charge in [0, 0.05) is 4.47 Å². The van der Waals surface area contributed by atoms with E-state index in [1.54, 1.807) is 0 Å². The summed E-state index contributed by atoms with van der Waals surface area (Å²) in [5, 5.41) is 2.70. The van der Waals surface area contributed by atoms with E-state index >= 15 is 0 Å². The summed E-state index contributed by atoms with van der Waals surface area (Å²) in [7, 11) is 0. The lowest BCUT2D eigenvalue weighted by Crippen LogP contribution is -1.80. The van der Waals surface area contributed by atoms with Gasteiger partial charge in [0.05, 0.1) is 0 Å². The number of aromatic amines is 1. The van der Waals surface area contributed by atoms with E-state index in [0.29, 0.717) is 0 Å². The highest BCUT2D eigenvalue weighted by atomic mass is 79.9. The Bertz CT molecular complexity index is 322. The zero-order valence-electron chi connectivity index (χ0n) is 4.52. The van der Waals surface area contributed by atoms with Crippen molar-refractivity contribution in [3.8, 4) is 0 Å². The monoisotopic (exact) mass is 185 g/mol. The molecule has 1 heterocycles. The normalized spacial score (nSPS) is 10.8. The van der Waals surface area contributed by atoms with Gasteiger partial charge < -0.3 is 4.52 Å². The Kier molecular flexibility index (Phi) is 0.931. The summed E-state index contributed by atoms with van der Waals surface area (Å²) in [6.45, 7) is 0. The number of H-pyrrole nitrogens is 1. The first kappa shape index (κ1) is 5.11. The largest absolute Gasteiger partial charge is 0.380 e. The molecule has 0 saturated heterocycles. The maximum atomic E-state index is 4.88. The van der Waals surface area contributed by atoms with Crippen LogP contribution in [-0.4, -0.2) is 5.16 Å². The first-order valence-electron chi connectivity index (χ1n) is 2.59. The number of nitrogens with one attached hydrogen (secondary N) is 1. The van der Waals surface area contributed by atoms with E-state index in [2.05, 4.69) is 21.1 Å². The Morgan fingerprint density at radius 1 is 1.44 bits per heavy atom. The average molecular weight is 186 g/mol. The van der Waals surface area contributed by atoms with Crippen LogP contribution in [0, 0.1) is 0 Å². The second kappa shape index (κ2) is 1.64. The molecule has 2 aromatic rings. The highest BCUT2D eigenvalue weighted by Gasteiger charge is 1.97. The molecule has 1 aromatic carbocycles. The van der Waals surface area contributed by atoms with Gasteiger partial charge in [0.2, 0.25) is 0 Å². The quantitative estimate of drug-likeness (QED) is 0.672. The average Bonchev–Trinajstić information content (AvgIpc) is 1.78. The van der Waals surface area contributed by atoms with Crippen molar-refractivity contribution in [1.82, 2.24) is 5.16 Å². The van der Waals surface area contributed by atoms with Crippen LogP contribution in [0.25, 0.3) is 11.1 Å². The van der Waals surface area contributed by atoms with Gasteiger partial charge in [-0.3, -0.25) is 0 Å². The minimum atomic E-state index is 0.907. The SMILES string of the molecule is Brc1ccc2[nH]oc2c1. The topological polar surface area (TPSA) is 28.9 Å². The summed E-state index contributed by atoms with van der Waals surface area (Å²) in [6, 6.07) is 5.85. The van der Waals surface area contributed by atoms with E-state index in [9.17, 15) is 0 Å². The molecule has 2 rings (SSSR count). The Labute approximate surface area is 59.9 Å². The van der Waals surface area contributed by atoms with Gasteiger partial charge in [0.25, 0.3) is 0 Å². The number of fused-ring (bicyclic) bond motifs is 1. The predicted molar refractivity (Wildman–Crippen MR) is 38.3 cm³/mol. The van der Waals surface area contributed by atoms with Gasteiger partial charge in [-0.25, -0.2) is 5.16 Å². The summed E-state index contributed by atoms with van der Waals surface area (Å²) >= 11 is 3.32. The molecule has 0 atom stereocenters. The van der Waals surface area contributed by atoms with Crippen LogP contribution >= 0.6 is 15.9 Å². The molecule has 0 aliphatic heterocycles. The molecule has 0 unspecified atom stereocenters. The number of hydrogen-bond acceptors (Lipinski definition) is 1. The summed E-state index contributed by atoms with van der Waals surface area (Å²) in [5.74, 6) is 0. The Hall–Kier alpha value is -0.700. The van der Waals surface area contributed by atoms with Crippen LogP contribution < -0.4 is 0 Å². The zero-order valence-corrected chi connectivity index (χ0v) is 6.10. The second-order valence-electron chi connectivity index (χ2n) is 1.84. The highest BCUT2D eigenvalue weighted by Crippen LogP contribution is 2.18. The maximum Gasteiger partial charge on any atom is 0.182 e. The molecule has 0 aliphatic carbocycles. The smallest absolute Gasteiger partial charge is 0.182 e. The van der Waals surface area contributed by atoms with Gasteiger partial charge in [0.15, 0.2) is 5.58 Å². The van der Waals surface area contributed by atoms with Gasteiger partial charge in [-0.1, -0.05) is 15.9 Å². The van der Waals surface area contributed by atoms with Crippen LogP contribution in [0.5, 0.6) is 0 Å². The van der Waals surface area contributed by atoms with Crippen molar-refractivity contribution in [3.05, 3.63) is 22.7 Å². The molecular weight excluding hydrogens is 182 g/mol. The fraction of sp³-hybridized carbons (Fsp3) is 0. The van der Waals surface area contributed by atoms with Gasteiger partial charge >= 0.3 is 0 Å². The lowest BCUT2D eigenvalue weighted by molar-refractivity contribution is 0.424. The Morgan fingerprint density at radius 2 is 2.33 bits per heavy atom. The lowest BCUT2D eigenvalue weighted by Gasteiger charge is -1.98. The Balaban J connectivity index is 2.78. The van der Waals surface area contributed by atoms with E-state index in [1.165, 1.54) is 0 Å². The van der Waals surface area contributed by atoms with Gasteiger partial charge in [-0.2, -0.15) is 0 Å². The molecule has 9 heavy (non-hydrogen) atoms. The van der Waals surface area contributed by atoms with Crippen LogP contribution in [0.2, 0.25) is 0 Å². The minimum absolute atomic E-state index is 0.907. The maximum absolute atomic E-state index is 4.88. The number of hydrogen-bond donors (Lipinski definition) is 1. The number of rotatable bonds is 0. The molecule has 0 bridgehead atoms. The van der Waals surface area contributed by atoms with E-state index < -0.39 is 0 Å². The molecule has 1 N–H and O–H groups in total. The van der Waals surface area contributed by atoms with Crippen molar-refractivity contribution in [2.45, 2.75) is 0 Å². The first-order chi connectivity index (χ1) is 4.36. The van der Waals surface area contributed by atoms with E-state index in [-0.39, 0.29) is 0 Å². The lowest BCUT2D eigenvalue weighted by atomic mass is 10.3. The fourth-order valence-corrected chi connectivity index (χ4v) is 1.07. The molecule has 46 valence electrons. The predicted octanol–water partition coefficient (Wildman–Crippen LogP) is 2.52. The first-order valence-corrected chi connectivity index (χ1v) is 3.38. The van der Waals surface area contributed by atoms with Gasteiger partial charge in [-0.15, -0.1) is 0 Å². The van der Waals surface area contributed by atoms with Gasteiger partial charge in [-0.05, 0) is 18.2 Å². The molecule has 0 spiro atoms. The van der Waals surface area contributed by atoms with Crippen LogP contribution in [0.3, 0.4) is 0 Å². The van der Waals surface area contributed by atoms with Crippen molar-refractivity contribution in [1.29, 1.82) is 0 Å². The molecule has 0 radical (unpaired) electrons. The Morgan fingerprint density at radius 3 is 2.78 bits per heavy atom. The summed E-state index contributed by atoms with van der Waals surface area (Å²) in [6.07, 6.45) is 0. The number of benzene rings is 1. The van der Waals surface area contributed by atoms with Crippen molar-refractivity contribution in [2.75, 3.05) is 0 Å². The van der Waals surface area contributed by atoms with Crippen LogP contribution in [0.4, 0.5) is 0 Å². The third-order valence-corrected chi connectivity index (χ3v) is 1.71. The van der Waals surface area contributed by atoms with Gasteiger partial charge in [0.1, 0.15) is 5.52 Å². The standard InChI is InChI=1S/C6H4BrNO/c7-4-1-2-5-6(3-4)9-8-5/h1-3,8H. The molecule has 2 nitrogen and oxygen atoms in total. The van der Waals surface area contributed by atoms with Crippen molar-refractivity contribution >= 4 is 27.0 Å². The van der Waals surface area contributed by atoms with E-state index in [4.69, 9.17) is 4.52 Å². The molecule has 3 heteroatoms. The molecule has 0 fully saturated rings. The van der Waals surface area contributed by atoms with Crippen molar-refractivity contribution in [2.24, 2.45) is 0 Å². The van der Waals surface area contributed by atoms with Crippen molar-refractivity contribution < 1.29 is 4.52 Å². The molecular formula is C6H4BrNO.